The van der Waals surface area contributed by atoms with Crippen LogP contribution in [0.4, 0.5) is 13.2 Å². The first-order chi connectivity index (χ1) is 9.36. The molecular formula is C13H17F3N2O2. The van der Waals surface area contributed by atoms with Gasteiger partial charge in [-0.05, 0) is 17.7 Å². The molecule has 0 radical (unpaired) electrons. The molecule has 1 aromatic rings. The van der Waals surface area contributed by atoms with Crippen LogP contribution < -0.4 is 11.1 Å². The molecule has 0 aromatic heterocycles. The van der Waals surface area contributed by atoms with Crippen LogP contribution in [0.5, 0.6) is 0 Å². The van der Waals surface area contributed by atoms with Crippen molar-refractivity contribution in [2.24, 2.45) is 5.73 Å². The molecule has 1 unspecified atom stereocenters. The highest BCUT2D eigenvalue weighted by Crippen LogP contribution is 2.29. The van der Waals surface area contributed by atoms with Crippen LogP contribution in [-0.4, -0.2) is 32.2 Å². The Morgan fingerprint density at radius 3 is 2.40 bits per heavy atom. The Labute approximate surface area is 115 Å². The molecule has 0 aliphatic heterocycles. The summed E-state index contributed by atoms with van der Waals surface area (Å²) in [4.78, 5) is 11.7. The van der Waals surface area contributed by atoms with Gasteiger partial charge in [0.1, 0.15) is 0 Å². The first-order valence-electron chi connectivity index (χ1n) is 6.01. The Morgan fingerprint density at radius 2 is 1.95 bits per heavy atom. The Hall–Kier alpha value is -1.60. The third kappa shape index (κ3) is 5.18. The molecule has 0 spiro atoms. The summed E-state index contributed by atoms with van der Waals surface area (Å²) in [6.45, 7) is 0.516. The summed E-state index contributed by atoms with van der Waals surface area (Å²) in [5.41, 5.74) is 5.22. The predicted molar refractivity (Wildman–Crippen MR) is 68.0 cm³/mol. The third-order valence-electron chi connectivity index (χ3n) is 2.66. The summed E-state index contributed by atoms with van der Waals surface area (Å²) < 4.78 is 42.0. The molecule has 0 saturated carbocycles. The van der Waals surface area contributed by atoms with Crippen molar-refractivity contribution in [1.82, 2.24) is 5.32 Å². The number of hydrogen-bond donors (Lipinski definition) is 2. The van der Waals surface area contributed by atoms with E-state index in [-0.39, 0.29) is 31.5 Å². The van der Waals surface area contributed by atoms with Crippen molar-refractivity contribution in [3.8, 4) is 0 Å². The van der Waals surface area contributed by atoms with Gasteiger partial charge >= 0.3 is 6.18 Å². The van der Waals surface area contributed by atoms with E-state index in [2.05, 4.69) is 5.32 Å². The van der Waals surface area contributed by atoms with E-state index in [1.54, 1.807) is 0 Å². The minimum atomic E-state index is -4.37. The van der Waals surface area contributed by atoms with Crippen LogP contribution in [0.3, 0.4) is 0 Å². The van der Waals surface area contributed by atoms with E-state index >= 15 is 0 Å². The molecule has 1 aromatic carbocycles. The fraction of sp³-hybridized carbons (Fsp3) is 0.462. The second kappa shape index (κ2) is 7.25. The van der Waals surface area contributed by atoms with Crippen LogP contribution >= 0.6 is 0 Å². The maximum atomic E-state index is 12.4. The number of nitrogens with two attached hydrogens (primary N) is 1. The van der Waals surface area contributed by atoms with Gasteiger partial charge in [0, 0.05) is 13.7 Å². The number of carbonyl (C=O) groups excluding carboxylic acids is 1. The molecule has 0 fully saturated rings. The number of nitrogens with one attached hydrogen (secondary N) is 1. The van der Waals surface area contributed by atoms with Crippen molar-refractivity contribution in [3.63, 3.8) is 0 Å². The van der Waals surface area contributed by atoms with Crippen molar-refractivity contribution < 1.29 is 22.7 Å². The Balaban J connectivity index is 2.58. The van der Waals surface area contributed by atoms with Gasteiger partial charge in [-0.2, -0.15) is 13.2 Å². The molecule has 0 bridgehead atoms. The number of ether oxygens (including phenoxy) is 1. The maximum absolute atomic E-state index is 12.4. The van der Waals surface area contributed by atoms with Gasteiger partial charge < -0.3 is 15.8 Å². The van der Waals surface area contributed by atoms with E-state index in [1.807, 2.05) is 0 Å². The molecule has 112 valence electrons. The van der Waals surface area contributed by atoms with Gasteiger partial charge in [-0.3, -0.25) is 4.79 Å². The van der Waals surface area contributed by atoms with Crippen molar-refractivity contribution in [3.05, 3.63) is 35.4 Å². The Morgan fingerprint density at radius 1 is 1.35 bits per heavy atom. The molecule has 7 heteroatoms. The molecule has 4 nitrogen and oxygen atoms in total. The molecule has 0 heterocycles. The van der Waals surface area contributed by atoms with Crippen molar-refractivity contribution in [1.29, 1.82) is 0 Å². The topological polar surface area (TPSA) is 64.3 Å². The zero-order chi connectivity index (χ0) is 15.2. The zero-order valence-corrected chi connectivity index (χ0v) is 11.0. The van der Waals surface area contributed by atoms with E-state index in [4.69, 9.17) is 10.5 Å². The largest absolute Gasteiger partial charge is 0.416 e. The van der Waals surface area contributed by atoms with E-state index in [0.717, 1.165) is 12.1 Å². The number of alkyl halides is 3. The number of hydrogen-bond acceptors (Lipinski definition) is 3. The summed E-state index contributed by atoms with van der Waals surface area (Å²) in [5, 5.41) is 2.65. The minimum Gasteiger partial charge on any atom is -0.383 e. The average molecular weight is 290 g/mol. The molecule has 3 N–H and O–H groups in total. The van der Waals surface area contributed by atoms with Gasteiger partial charge in [-0.1, -0.05) is 12.1 Å². The van der Waals surface area contributed by atoms with Crippen LogP contribution in [0.25, 0.3) is 0 Å². The Kier molecular flexibility index (Phi) is 5.97. The molecular weight excluding hydrogens is 273 g/mol. The Bertz CT molecular complexity index is 432. The summed E-state index contributed by atoms with van der Waals surface area (Å²) in [7, 11) is 1.49. The minimum absolute atomic E-state index is 0.00164. The van der Waals surface area contributed by atoms with Crippen LogP contribution in [0, 0.1) is 0 Å². The SMILES string of the molecule is COCC(CN)NC(=O)Cc1ccc(C(F)(F)F)cc1. The highest BCUT2D eigenvalue weighted by molar-refractivity contribution is 5.78. The second-order valence-corrected chi connectivity index (χ2v) is 4.33. The summed E-state index contributed by atoms with van der Waals surface area (Å²) >= 11 is 0. The van der Waals surface area contributed by atoms with Crippen LogP contribution in [0.2, 0.25) is 0 Å². The summed E-state index contributed by atoms with van der Waals surface area (Å²) in [5.74, 6) is -0.308. The number of rotatable bonds is 6. The van der Waals surface area contributed by atoms with Gasteiger partial charge in [0.2, 0.25) is 5.91 Å². The van der Waals surface area contributed by atoms with Crippen LogP contribution in [0.1, 0.15) is 11.1 Å². The lowest BCUT2D eigenvalue weighted by Crippen LogP contribution is -2.43. The molecule has 0 aliphatic rings. The van der Waals surface area contributed by atoms with Gasteiger partial charge in [0.15, 0.2) is 0 Å². The van der Waals surface area contributed by atoms with Crippen LogP contribution in [-0.2, 0) is 22.1 Å². The lowest BCUT2D eigenvalue weighted by Gasteiger charge is -2.15. The second-order valence-electron chi connectivity index (χ2n) is 4.33. The smallest absolute Gasteiger partial charge is 0.383 e. The highest BCUT2D eigenvalue weighted by Gasteiger charge is 2.29. The lowest BCUT2D eigenvalue weighted by molar-refractivity contribution is -0.137. The number of halogens is 3. The lowest BCUT2D eigenvalue weighted by atomic mass is 10.1. The number of methoxy groups -OCH3 is 1. The van der Waals surface area contributed by atoms with Gasteiger partial charge in [-0.25, -0.2) is 0 Å². The van der Waals surface area contributed by atoms with Crippen molar-refractivity contribution in [2.75, 3.05) is 20.3 Å². The number of carbonyl (C=O) groups is 1. The predicted octanol–water partition coefficient (Wildman–Crippen LogP) is 1.34. The molecule has 1 atom stereocenters. The molecule has 1 rings (SSSR count). The summed E-state index contributed by atoms with van der Waals surface area (Å²) in [6, 6.07) is 4.19. The fourth-order valence-electron chi connectivity index (χ4n) is 1.65. The molecule has 0 aliphatic carbocycles. The number of benzene rings is 1. The molecule has 1 amide bonds. The van der Waals surface area contributed by atoms with Gasteiger partial charge in [-0.15, -0.1) is 0 Å². The maximum Gasteiger partial charge on any atom is 0.416 e. The van der Waals surface area contributed by atoms with Gasteiger partial charge in [0.25, 0.3) is 0 Å². The third-order valence-corrected chi connectivity index (χ3v) is 2.66. The zero-order valence-electron chi connectivity index (χ0n) is 11.0. The van der Waals surface area contributed by atoms with E-state index < -0.39 is 11.7 Å². The normalized spacial score (nSPS) is 13.1. The van der Waals surface area contributed by atoms with Gasteiger partial charge in [0.05, 0.1) is 24.6 Å². The molecule has 20 heavy (non-hydrogen) atoms. The first-order valence-corrected chi connectivity index (χ1v) is 6.01. The van der Waals surface area contributed by atoms with Crippen molar-refractivity contribution in [2.45, 2.75) is 18.6 Å². The fourth-order valence-corrected chi connectivity index (χ4v) is 1.65. The standard InChI is InChI=1S/C13H17F3N2O2/c1-20-8-11(7-17)18-12(19)6-9-2-4-10(5-3-9)13(14,15)16/h2-5,11H,6-8,17H2,1H3,(H,18,19). The van der Waals surface area contributed by atoms with Crippen LogP contribution in [0.15, 0.2) is 24.3 Å². The molecule has 0 saturated heterocycles. The van der Waals surface area contributed by atoms with E-state index in [1.165, 1.54) is 19.2 Å². The number of amides is 1. The monoisotopic (exact) mass is 290 g/mol. The summed E-state index contributed by atoms with van der Waals surface area (Å²) in [6.07, 6.45) is -4.37. The average Bonchev–Trinajstić information content (AvgIpc) is 2.37. The first kappa shape index (κ1) is 16.5. The highest BCUT2D eigenvalue weighted by atomic mass is 19.4. The van der Waals surface area contributed by atoms with E-state index in [9.17, 15) is 18.0 Å². The van der Waals surface area contributed by atoms with E-state index in [0.29, 0.717) is 5.56 Å². The quantitative estimate of drug-likeness (QED) is 0.831. The van der Waals surface area contributed by atoms with Crippen molar-refractivity contribution >= 4 is 5.91 Å².